The maximum Gasteiger partial charge on any atom is 0.238 e. The van der Waals surface area contributed by atoms with Crippen LogP contribution in [0, 0.1) is 47.3 Å². The zero-order valence-electron chi connectivity index (χ0n) is 13.8. The molecule has 0 spiro atoms. The average Bonchev–Trinajstić information content (AvgIpc) is 3.17. The van der Waals surface area contributed by atoms with Gasteiger partial charge < -0.3 is 0 Å². The fourth-order valence-corrected chi connectivity index (χ4v) is 7.16. The Morgan fingerprint density at radius 1 is 0.760 bits per heavy atom. The fourth-order valence-electron chi connectivity index (χ4n) is 7.16. The van der Waals surface area contributed by atoms with E-state index >= 15 is 0 Å². The molecule has 0 radical (unpaired) electrons. The van der Waals surface area contributed by atoms with Crippen LogP contribution in [0.15, 0.2) is 53.6 Å². The van der Waals surface area contributed by atoms with Crippen LogP contribution in [0.3, 0.4) is 0 Å². The fraction of sp³-hybridized carbons (Fsp3) is 0.455. The summed E-state index contributed by atoms with van der Waals surface area (Å²) in [7, 11) is 0. The predicted molar refractivity (Wildman–Crippen MR) is 92.3 cm³/mol. The highest BCUT2D eigenvalue weighted by Crippen LogP contribution is 2.72. The molecule has 1 aromatic carbocycles. The van der Waals surface area contributed by atoms with Gasteiger partial charge in [0.25, 0.3) is 0 Å². The number of imide groups is 1. The molecule has 8 atom stereocenters. The molecule has 0 N–H and O–H groups in total. The number of amides is 2. The molecule has 124 valence electrons. The number of anilines is 1. The smallest absolute Gasteiger partial charge is 0.238 e. The minimum absolute atomic E-state index is 0.0537. The second-order valence-corrected chi connectivity index (χ2v) is 8.76. The maximum absolute atomic E-state index is 13.2. The average molecular weight is 329 g/mol. The van der Waals surface area contributed by atoms with Crippen molar-refractivity contribution in [2.75, 3.05) is 4.90 Å². The molecule has 1 saturated heterocycles. The summed E-state index contributed by atoms with van der Waals surface area (Å²) in [6.45, 7) is 0. The first-order valence-electron chi connectivity index (χ1n) is 9.60. The van der Waals surface area contributed by atoms with Gasteiger partial charge in [0.15, 0.2) is 0 Å². The van der Waals surface area contributed by atoms with Crippen LogP contribution >= 0.6 is 0 Å². The van der Waals surface area contributed by atoms with Crippen LogP contribution in [0.2, 0.25) is 0 Å². The van der Waals surface area contributed by atoms with Crippen molar-refractivity contribution in [1.29, 1.82) is 0 Å². The highest BCUT2D eigenvalue weighted by Gasteiger charge is 2.69. The molecule has 1 heterocycles. The monoisotopic (exact) mass is 329 g/mol. The van der Waals surface area contributed by atoms with Gasteiger partial charge in [-0.25, -0.2) is 0 Å². The van der Waals surface area contributed by atoms with Crippen molar-refractivity contribution in [3.05, 3.63) is 53.6 Å². The lowest BCUT2D eigenvalue weighted by atomic mass is 9.63. The normalized spacial score (nSPS) is 47.4. The van der Waals surface area contributed by atoms with Crippen LogP contribution in [0.5, 0.6) is 0 Å². The molecule has 1 aromatic rings. The summed E-state index contributed by atoms with van der Waals surface area (Å²) >= 11 is 0. The molecule has 25 heavy (non-hydrogen) atoms. The third kappa shape index (κ3) is 1.32. The van der Waals surface area contributed by atoms with Crippen LogP contribution in [-0.2, 0) is 9.59 Å². The zero-order valence-corrected chi connectivity index (χ0v) is 13.8. The Hall–Kier alpha value is -2.16. The van der Waals surface area contributed by atoms with Gasteiger partial charge in [-0.2, -0.15) is 0 Å². The van der Waals surface area contributed by atoms with Gasteiger partial charge in [-0.3, -0.25) is 14.5 Å². The van der Waals surface area contributed by atoms with Gasteiger partial charge in [0.2, 0.25) is 11.8 Å². The third-order valence-corrected chi connectivity index (χ3v) is 7.98. The van der Waals surface area contributed by atoms with E-state index in [1.807, 2.05) is 30.3 Å². The van der Waals surface area contributed by atoms with E-state index in [2.05, 4.69) is 12.2 Å². The van der Waals surface area contributed by atoms with Gasteiger partial charge in [0, 0.05) is 11.8 Å². The number of para-hydroxylation sites is 1. The molecular formula is C22H19NO2. The number of rotatable bonds is 1. The molecule has 2 amide bonds. The molecule has 8 rings (SSSR count). The molecule has 7 aliphatic rings. The van der Waals surface area contributed by atoms with Crippen LogP contribution < -0.4 is 4.90 Å². The molecule has 2 saturated carbocycles. The number of nitrogens with zero attached hydrogens (tertiary/aromatic N) is 1. The number of carbonyl (C=O) groups is 2. The molecule has 3 fully saturated rings. The van der Waals surface area contributed by atoms with Crippen molar-refractivity contribution in [1.82, 2.24) is 0 Å². The summed E-state index contributed by atoms with van der Waals surface area (Å²) < 4.78 is 0. The zero-order chi connectivity index (χ0) is 16.4. The lowest BCUT2D eigenvalue weighted by Gasteiger charge is -2.40. The number of benzene rings is 1. The second kappa shape index (κ2) is 3.98. The van der Waals surface area contributed by atoms with Crippen LogP contribution in [0.1, 0.15) is 12.8 Å². The summed E-state index contributed by atoms with van der Waals surface area (Å²) in [5.41, 5.74) is 3.93. The number of allylic oxidation sites excluding steroid dienone is 4. The van der Waals surface area contributed by atoms with Gasteiger partial charge in [-0.15, -0.1) is 0 Å². The molecule has 3 heteroatoms. The summed E-state index contributed by atoms with van der Waals surface area (Å²) in [5, 5.41) is 0. The molecule has 0 aromatic heterocycles. The lowest BCUT2D eigenvalue weighted by Crippen LogP contribution is -2.36. The molecule has 4 bridgehead atoms. The van der Waals surface area contributed by atoms with Gasteiger partial charge in [-0.1, -0.05) is 41.5 Å². The Kier molecular flexibility index (Phi) is 2.08. The van der Waals surface area contributed by atoms with Crippen molar-refractivity contribution < 1.29 is 9.59 Å². The Morgan fingerprint density at radius 3 is 1.88 bits per heavy atom. The highest BCUT2D eigenvalue weighted by molar-refractivity contribution is 6.23. The van der Waals surface area contributed by atoms with Gasteiger partial charge >= 0.3 is 0 Å². The van der Waals surface area contributed by atoms with Crippen LogP contribution in [0.4, 0.5) is 5.69 Å². The van der Waals surface area contributed by atoms with Gasteiger partial charge in [0.1, 0.15) is 0 Å². The number of hydrogen-bond acceptors (Lipinski definition) is 2. The van der Waals surface area contributed by atoms with Crippen molar-refractivity contribution in [3.8, 4) is 0 Å². The number of hydrogen-bond donors (Lipinski definition) is 0. The van der Waals surface area contributed by atoms with Crippen molar-refractivity contribution in [2.24, 2.45) is 47.3 Å². The SMILES string of the molecule is O=C1C2C3CC(C4=C3C3C=CC4C4CC34)C2C(=O)N1c1ccccc1. The van der Waals surface area contributed by atoms with Gasteiger partial charge in [-0.05, 0) is 48.6 Å². The van der Waals surface area contributed by atoms with Crippen molar-refractivity contribution >= 4 is 17.5 Å². The van der Waals surface area contributed by atoms with E-state index in [-0.39, 0.29) is 23.7 Å². The summed E-state index contributed by atoms with van der Waals surface area (Å²) in [5.74, 6) is 3.40. The Morgan fingerprint density at radius 2 is 1.32 bits per heavy atom. The summed E-state index contributed by atoms with van der Waals surface area (Å²) in [6.07, 6.45) is 7.24. The van der Waals surface area contributed by atoms with Crippen LogP contribution in [-0.4, -0.2) is 11.8 Å². The van der Waals surface area contributed by atoms with Crippen molar-refractivity contribution in [2.45, 2.75) is 12.8 Å². The minimum atomic E-state index is -0.0959. The highest BCUT2D eigenvalue weighted by atomic mass is 16.2. The van der Waals surface area contributed by atoms with Crippen LogP contribution in [0.25, 0.3) is 0 Å². The molecular weight excluding hydrogens is 310 g/mol. The standard InChI is InChI=1S/C22H19NO2/c24-21-19-15-9-16(18-12-7-6-11(17(15)18)13-8-14(12)13)20(19)22(25)23(21)10-4-2-1-3-5-10/h1-7,11-16,19-20H,8-9H2. The van der Waals surface area contributed by atoms with E-state index in [1.165, 1.54) is 11.3 Å². The topological polar surface area (TPSA) is 37.4 Å². The summed E-state index contributed by atoms with van der Waals surface area (Å²) in [4.78, 5) is 27.9. The third-order valence-electron chi connectivity index (χ3n) is 7.98. The second-order valence-electron chi connectivity index (χ2n) is 8.76. The maximum atomic E-state index is 13.2. The Bertz CT molecular complexity index is 861. The first-order valence-corrected chi connectivity index (χ1v) is 9.60. The lowest BCUT2D eigenvalue weighted by molar-refractivity contribution is -0.123. The Balaban J connectivity index is 1.34. The predicted octanol–water partition coefficient (Wildman–Crippen LogP) is 3.19. The van der Waals surface area contributed by atoms with E-state index in [4.69, 9.17) is 0 Å². The minimum Gasteiger partial charge on any atom is -0.274 e. The molecule has 1 aliphatic heterocycles. The van der Waals surface area contributed by atoms with E-state index in [1.54, 1.807) is 11.1 Å². The number of fused-ring (bicyclic) bond motifs is 5. The van der Waals surface area contributed by atoms with E-state index in [0.29, 0.717) is 23.7 Å². The molecule has 3 nitrogen and oxygen atoms in total. The number of carbonyl (C=O) groups excluding carboxylic acids is 2. The first kappa shape index (κ1) is 13.1. The largest absolute Gasteiger partial charge is 0.274 e. The van der Waals surface area contributed by atoms with Crippen molar-refractivity contribution in [3.63, 3.8) is 0 Å². The molecule has 6 aliphatic carbocycles. The van der Waals surface area contributed by atoms with E-state index in [0.717, 1.165) is 23.9 Å². The van der Waals surface area contributed by atoms with E-state index < -0.39 is 0 Å². The summed E-state index contributed by atoms with van der Waals surface area (Å²) in [6, 6.07) is 9.49. The molecule has 8 unspecified atom stereocenters. The first-order chi connectivity index (χ1) is 12.3. The Labute approximate surface area is 146 Å². The van der Waals surface area contributed by atoms with Gasteiger partial charge in [0.05, 0.1) is 17.5 Å². The quantitative estimate of drug-likeness (QED) is 0.586. The van der Waals surface area contributed by atoms with E-state index in [9.17, 15) is 9.59 Å².